The fourth-order valence-electron chi connectivity index (χ4n) is 6.38. The van der Waals surface area contributed by atoms with E-state index in [1.54, 1.807) is 33.1 Å². The minimum absolute atomic E-state index is 0.00305. The highest BCUT2D eigenvalue weighted by Gasteiger charge is 2.33. The lowest BCUT2D eigenvalue weighted by atomic mass is 10.0. The Morgan fingerprint density at radius 2 is 1.77 bits per heavy atom. The van der Waals surface area contributed by atoms with E-state index in [9.17, 15) is 31.5 Å². The molecule has 0 spiro atoms. The number of pyridine rings is 1. The molecule has 2 aliphatic heterocycles. The first kappa shape index (κ1) is 30.5. The van der Waals surface area contributed by atoms with Crippen LogP contribution in [0.1, 0.15) is 35.7 Å². The van der Waals surface area contributed by atoms with Crippen molar-refractivity contribution in [1.29, 1.82) is 0 Å². The smallest absolute Gasteiger partial charge is 0.390 e. The maximum atomic E-state index is 13.2. The van der Waals surface area contributed by atoms with E-state index in [4.69, 9.17) is 0 Å². The number of fused-ring (bicyclic) bond motifs is 2. The van der Waals surface area contributed by atoms with Crippen LogP contribution in [0.15, 0.2) is 47.4 Å². The molecule has 0 saturated carbocycles. The van der Waals surface area contributed by atoms with Crippen LogP contribution in [0, 0.1) is 0 Å². The van der Waals surface area contributed by atoms with Gasteiger partial charge in [-0.15, -0.1) is 0 Å². The number of nitrogens with zero attached hydrogens (tertiary/aromatic N) is 7. The Hall–Kier alpha value is -3.53. The molecule has 6 rings (SSSR count). The van der Waals surface area contributed by atoms with Gasteiger partial charge >= 0.3 is 11.9 Å². The molecule has 1 unspecified atom stereocenters. The summed E-state index contributed by atoms with van der Waals surface area (Å²) in [5, 5.41) is 15.8. The van der Waals surface area contributed by atoms with Gasteiger partial charge in [0.05, 0.1) is 35.7 Å². The normalized spacial score (nSPS) is 18.1. The maximum absolute atomic E-state index is 13.2. The van der Waals surface area contributed by atoms with Crippen molar-refractivity contribution < 1.29 is 26.7 Å². The second kappa shape index (κ2) is 11.4. The van der Waals surface area contributed by atoms with Crippen LogP contribution < -0.4 is 5.69 Å². The van der Waals surface area contributed by atoms with Crippen LogP contribution in [0.4, 0.5) is 13.2 Å². The lowest BCUT2D eigenvalue weighted by Gasteiger charge is -2.33. The highest BCUT2D eigenvalue weighted by atomic mass is 32.2. The van der Waals surface area contributed by atoms with Gasteiger partial charge in [0.2, 0.25) is 10.0 Å². The first-order valence-corrected chi connectivity index (χ1v) is 16.3. The van der Waals surface area contributed by atoms with Crippen LogP contribution in [0.25, 0.3) is 22.4 Å². The van der Waals surface area contributed by atoms with Crippen LogP contribution in [-0.2, 0) is 42.8 Å². The number of aromatic nitrogens is 5. The lowest BCUT2D eigenvalue weighted by Crippen LogP contribution is -2.42. The maximum Gasteiger partial charge on any atom is 0.416 e. The van der Waals surface area contributed by atoms with Gasteiger partial charge in [-0.3, -0.25) is 13.8 Å². The van der Waals surface area contributed by atoms with Gasteiger partial charge in [0.25, 0.3) is 0 Å². The van der Waals surface area contributed by atoms with Gasteiger partial charge in [0.1, 0.15) is 0 Å². The first-order chi connectivity index (χ1) is 20.8. The Bertz CT molecular complexity index is 1840. The highest BCUT2D eigenvalue weighted by molar-refractivity contribution is 7.88. The predicted octanol–water partition coefficient (Wildman–Crippen LogP) is 2.63. The van der Waals surface area contributed by atoms with Crippen LogP contribution in [0.5, 0.6) is 0 Å². The number of aryl methyl sites for hydroxylation is 1. The third-order valence-electron chi connectivity index (χ3n) is 8.68. The zero-order valence-electron chi connectivity index (χ0n) is 24.4. The molecule has 1 N–H and O–H groups in total. The Morgan fingerprint density at radius 1 is 1.07 bits per heavy atom. The Balaban J connectivity index is 1.18. The second-order valence-electron chi connectivity index (χ2n) is 11.6. The van der Waals surface area contributed by atoms with Crippen LogP contribution >= 0.6 is 0 Å². The van der Waals surface area contributed by atoms with Crippen molar-refractivity contribution in [3.05, 3.63) is 69.9 Å². The lowest BCUT2D eigenvalue weighted by molar-refractivity contribution is -0.137. The Labute approximate surface area is 252 Å². The molecule has 4 aromatic rings. The van der Waals surface area contributed by atoms with Crippen LogP contribution in [0.3, 0.4) is 0 Å². The molecule has 0 aliphatic carbocycles. The van der Waals surface area contributed by atoms with E-state index >= 15 is 0 Å². The van der Waals surface area contributed by atoms with Crippen LogP contribution in [0.2, 0.25) is 0 Å². The average Bonchev–Trinajstić information content (AvgIpc) is 3.46. The first-order valence-electron chi connectivity index (χ1n) is 14.4. The van der Waals surface area contributed by atoms with E-state index < -0.39 is 27.9 Å². The molecular weight excluding hydrogens is 599 g/mol. The molecule has 15 heteroatoms. The molecule has 1 fully saturated rings. The van der Waals surface area contributed by atoms with Crippen molar-refractivity contribution in [2.24, 2.45) is 7.05 Å². The number of aliphatic hydroxyl groups excluding tert-OH is 1. The van der Waals surface area contributed by atoms with Crippen molar-refractivity contribution in [1.82, 2.24) is 33.1 Å². The summed E-state index contributed by atoms with van der Waals surface area (Å²) in [4.78, 5) is 19.5. The summed E-state index contributed by atoms with van der Waals surface area (Å²) in [6.45, 7) is 2.17. The van der Waals surface area contributed by atoms with E-state index in [0.29, 0.717) is 48.5 Å². The molecule has 0 radical (unpaired) electrons. The summed E-state index contributed by atoms with van der Waals surface area (Å²) >= 11 is 0. The molecule has 236 valence electrons. The number of piperidine rings is 1. The molecule has 1 saturated heterocycles. The zero-order chi connectivity index (χ0) is 31.4. The van der Waals surface area contributed by atoms with Gasteiger partial charge in [-0.1, -0.05) is 12.1 Å². The molecular formula is C29H34F3N7O4S. The minimum atomic E-state index is -4.48. The summed E-state index contributed by atoms with van der Waals surface area (Å²) in [5.41, 5.74) is 2.81. The zero-order valence-corrected chi connectivity index (χ0v) is 25.2. The number of benzene rings is 1. The largest absolute Gasteiger partial charge is 0.416 e. The molecule has 5 heterocycles. The van der Waals surface area contributed by atoms with Gasteiger partial charge in [-0.25, -0.2) is 18.2 Å². The summed E-state index contributed by atoms with van der Waals surface area (Å²) in [6.07, 6.45) is -0.671. The van der Waals surface area contributed by atoms with E-state index in [1.807, 2.05) is 6.07 Å². The van der Waals surface area contributed by atoms with Gasteiger partial charge in [-0.2, -0.15) is 22.6 Å². The number of likely N-dealkylation sites (tertiary alicyclic amines) is 1. The van der Waals surface area contributed by atoms with E-state index in [-0.39, 0.29) is 31.4 Å². The standard InChI is InChI=1S/C29H34F3N7O4S/c1-35-25-4-3-12-33-27(25)39(28(35)41)21-9-13-36(14-10-21)16-22(40)17-38-24-11-15-37(44(2,42)43)18-23(24)26(34-38)19-5-7-20(8-6-19)29(30,31)32/h3-8,12,21-22,40H,9-11,13-18H2,1-2H3. The molecule has 0 amide bonds. The van der Waals surface area contributed by atoms with Crippen molar-refractivity contribution in [2.45, 2.75) is 50.7 Å². The second-order valence-corrected chi connectivity index (χ2v) is 13.6. The molecule has 44 heavy (non-hydrogen) atoms. The fraction of sp³-hybridized carbons (Fsp3) is 0.483. The van der Waals surface area contributed by atoms with Crippen molar-refractivity contribution >= 4 is 21.2 Å². The molecule has 11 nitrogen and oxygen atoms in total. The number of aliphatic hydroxyl groups is 1. The SMILES string of the molecule is Cn1c(=O)n(C2CCN(CC(O)Cn3nc(-c4ccc(C(F)(F)F)cc4)c4c3CCN(S(C)(=O)=O)C4)CC2)c2ncccc21. The van der Waals surface area contributed by atoms with Crippen molar-refractivity contribution in [3.8, 4) is 11.3 Å². The number of β-amino-alcohol motifs (C(OH)–C–C–N with tert-alkyl or cyclic N) is 1. The Kier molecular flexibility index (Phi) is 7.93. The number of sulfonamides is 1. The van der Waals surface area contributed by atoms with Gasteiger partial charge < -0.3 is 10.0 Å². The topological polar surface area (TPSA) is 118 Å². The number of rotatable bonds is 7. The third kappa shape index (κ3) is 5.80. The number of hydrogen-bond acceptors (Lipinski definition) is 7. The quantitative estimate of drug-likeness (QED) is 0.333. The van der Waals surface area contributed by atoms with Crippen LogP contribution in [-0.4, -0.2) is 85.2 Å². The number of alkyl halides is 3. The molecule has 1 atom stereocenters. The number of imidazole rings is 1. The fourth-order valence-corrected chi connectivity index (χ4v) is 7.17. The Morgan fingerprint density at radius 3 is 2.43 bits per heavy atom. The highest BCUT2D eigenvalue weighted by Crippen LogP contribution is 2.34. The number of halogens is 3. The summed E-state index contributed by atoms with van der Waals surface area (Å²) in [5.74, 6) is 0. The van der Waals surface area contributed by atoms with Gasteiger partial charge in [-0.05, 0) is 37.1 Å². The molecule has 2 aliphatic rings. The summed E-state index contributed by atoms with van der Waals surface area (Å²) < 4.78 is 70.5. The van der Waals surface area contributed by atoms with E-state index in [2.05, 4.69) is 15.0 Å². The monoisotopic (exact) mass is 633 g/mol. The van der Waals surface area contributed by atoms with Gasteiger partial charge in [0.15, 0.2) is 5.65 Å². The molecule has 3 aromatic heterocycles. The molecule has 1 aromatic carbocycles. The van der Waals surface area contributed by atoms with Crippen molar-refractivity contribution in [2.75, 3.05) is 32.4 Å². The minimum Gasteiger partial charge on any atom is -0.390 e. The predicted molar refractivity (Wildman–Crippen MR) is 157 cm³/mol. The van der Waals surface area contributed by atoms with E-state index in [1.165, 1.54) is 16.4 Å². The summed E-state index contributed by atoms with van der Waals surface area (Å²) in [7, 11) is -1.76. The third-order valence-corrected chi connectivity index (χ3v) is 9.93. The molecule has 0 bridgehead atoms. The van der Waals surface area contributed by atoms with E-state index in [0.717, 1.165) is 42.4 Å². The summed E-state index contributed by atoms with van der Waals surface area (Å²) in [6, 6.07) is 8.33. The van der Waals surface area contributed by atoms with Crippen molar-refractivity contribution in [3.63, 3.8) is 0 Å². The number of hydrogen-bond donors (Lipinski definition) is 1. The average molecular weight is 634 g/mol. The van der Waals surface area contributed by atoms with Gasteiger partial charge in [0, 0.05) is 75.3 Å².